The Labute approximate surface area is 113 Å². The van der Waals surface area contributed by atoms with E-state index in [1.54, 1.807) is 0 Å². The number of β-amino-alcohol motifs (C(OH)–C–C–N with tert-alkyl or cyclic N) is 1. The molecule has 1 aliphatic heterocycles. The van der Waals surface area contributed by atoms with E-state index >= 15 is 0 Å². The number of hydrogen-bond donors (Lipinski definition) is 3. The molecular formula is C15H20N2O2. The lowest BCUT2D eigenvalue weighted by Crippen LogP contribution is -2.47. The minimum atomic E-state index is -0.775. The molecule has 1 atom stereocenters. The van der Waals surface area contributed by atoms with Gasteiger partial charge in [0.25, 0.3) is 0 Å². The quantitative estimate of drug-likeness (QED) is 0.741. The van der Waals surface area contributed by atoms with E-state index in [0.717, 1.165) is 24.9 Å². The van der Waals surface area contributed by atoms with Gasteiger partial charge in [0.1, 0.15) is 0 Å². The lowest BCUT2D eigenvalue weighted by atomic mass is 9.94. The molecule has 0 aromatic heterocycles. The van der Waals surface area contributed by atoms with Crippen molar-refractivity contribution < 1.29 is 9.90 Å². The van der Waals surface area contributed by atoms with Gasteiger partial charge < -0.3 is 15.7 Å². The van der Waals surface area contributed by atoms with Crippen LogP contribution in [-0.4, -0.2) is 36.2 Å². The molecule has 2 fully saturated rings. The summed E-state index contributed by atoms with van der Waals surface area (Å²) < 4.78 is 0. The monoisotopic (exact) mass is 260 g/mol. The lowest BCUT2D eigenvalue weighted by Gasteiger charge is -2.24. The van der Waals surface area contributed by atoms with Crippen LogP contribution in [0.2, 0.25) is 0 Å². The molecule has 1 aliphatic carbocycles. The van der Waals surface area contributed by atoms with Gasteiger partial charge in [0.05, 0.1) is 11.0 Å². The van der Waals surface area contributed by atoms with Crippen molar-refractivity contribution in [1.82, 2.24) is 10.6 Å². The highest BCUT2D eigenvalue weighted by Crippen LogP contribution is 2.48. The summed E-state index contributed by atoms with van der Waals surface area (Å²) in [7, 11) is 0. The predicted molar refractivity (Wildman–Crippen MR) is 72.8 cm³/mol. The van der Waals surface area contributed by atoms with Crippen LogP contribution in [0, 0.1) is 0 Å². The molecule has 19 heavy (non-hydrogen) atoms. The molecule has 3 rings (SSSR count). The summed E-state index contributed by atoms with van der Waals surface area (Å²) in [5, 5.41) is 16.3. The maximum Gasteiger partial charge on any atom is 0.230 e. The van der Waals surface area contributed by atoms with Crippen LogP contribution in [0.4, 0.5) is 0 Å². The third-order valence-electron chi connectivity index (χ3n) is 4.31. The zero-order chi connectivity index (χ0) is 13.3. The average molecular weight is 260 g/mol. The Kier molecular flexibility index (Phi) is 3.07. The molecule has 0 bridgehead atoms. The van der Waals surface area contributed by atoms with Crippen LogP contribution in [0.1, 0.15) is 24.8 Å². The normalized spacial score (nSPS) is 28.1. The largest absolute Gasteiger partial charge is 0.387 e. The Hall–Kier alpha value is -1.39. The Balaban J connectivity index is 1.65. The molecule has 1 saturated carbocycles. The second-order valence-corrected chi connectivity index (χ2v) is 5.78. The number of hydrogen-bond acceptors (Lipinski definition) is 3. The third kappa shape index (κ3) is 2.38. The van der Waals surface area contributed by atoms with Crippen LogP contribution < -0.4 is 10.6 Å². The van der Waals surface area contributed by atoms with Crippen LogP contribution >= 0.6 is 0 Å². The van der Waals surface area contributed by atoms with E-state index in [4.69, 9.17) is 0 Å². The van der Waals surface area contributed by atoms with Crippen molar-refractivity contribution >= 4 is 5.91 Å². The summed E-state index contributed by atoms with van der Waals surface area (Å²) in [6.45, 7) is 1.72. The topological polar surface area (TPSA) is 61.4 Å². The lowest BCUT2D eigenvalue weighted by molar-refractivity contribution is -0.124. The van der Waals surface area contributed by atoms with E-state index in [1.807, 2.05) is 30.3 Å². The number of nitrogens with one attached hydrogen (secondary N) is 2. The Bertz CT molecular complexity index is 462. The van der Waals surface area contributed by atoms with Crippen LogP contribution in [0.5, 0.6) is 0 Å². The Morgan fingerprint density at radius 1 is 1.26 bits per heavy atom. The maximum absolute atomic E-state index is 12.4. The van der Waals surface area contributed by atoms with E-state index in [0.29, 0.717) is 19.5 Å². The van der Waals surface area contributed by atoms with Gasteiger partial charge in [-0.15, -0.1) is 0 Å². The summed E-state index contributed by atoms with van der Waals surface area (Å²) in [5.41, 5.74) is -0.0319. The zero-order valence-electron chi connectivity index (χ0n) is 11.0. The first-order valence-corrected chi connectivity index (χ1v) is 6.92. The number of amides is 1. The molecule has 1 unspecified atom stereocenters. The summed E-state index contributed by atoms with van der Waals surface area (Å²) in [4.78, 5) is 12.4. The minimum Gasteiger partial charge on any atom is -0.387 e. The van der Waals surface area contributed by atoms with Gasteiger partial charge in [-0.25, -0.2) is 0 Å². The predicted octanol–water partition coefficient (Wildman–Crippen LogP) is 0.559. The summed E-state index contributed by atoms with van der Waals surface area (Å²) in [6, 6.07) is 9.93. The van der Waals surface area contributed by atoms with Crippen molar-refractivity contribution in [2.24, 2.45) is 0 Å². The third-order valence-corrected chi connectivity index (χ3v) is 4.31. The van der Waals surface area contributed by atoms with E-state index in [1.165, 1.54) is 0 Å². The van der Waals surface area contributed by atoms with Crippen molar-refractivity contribution in [3.8, 4) is 0 Å². The first-order chi connectivity index (χ1) is 9.15. The van der Waals surface area contributed by atoms with Gasteiger partial charge in [-0.05, 0) is 31.4 Å². The number of benzene rings is 1. The highest BCUT2D eigenvalue weighted by atomic mass is 16.3. The van der Waals surface area contributed by atoms with Crippen molar-refractivity contribution in [3.63, 3.8) is 0 Å². The van der Waals surface area contributed by atoms with E-state index in [2.05, 4.69) is 10.6 Å². The van der Waals surface area contributed by atoms with Crippen molar-refractivity contribution in [1.29, 1.82) is 0 Å². The standard InChI is InChI=1S/C15H20N2O2/c18-13(17-11-14(19)8-9-16-10-14)15(6-7-15)12-4-2-1-3-5-12/h1-5,16,19H,6-11H2,(H,17,18). The molecule has 102 valence electrons. The SMILES string of the molecule is O=C(NCC1(O)CCNC1)C1(c2ccccc2)CC1. The summed E-state index contributed by atoms with van der Waals surface area (Å²) >= 11 is 0. The average Bonchev–Trinajstić information content (AvgIpc) is 3.15. The summed E-state index contributed by atoms with van der Waals surface area (Å²) in [5.74, 6) is 0.0547. The molecular weight excluding hydrogens is 240 g/mol. The van der Waals surface area contributed by atoms with E-state index in [-0.39, 0.29) is 11.3 Å². The molecule has 4 heteroatoms. The number of rotatable bonds is 4. The van der Waals surface area contributed by atoms with Crippen molar-refractivity contribution in [2.45, 2.75) is 30.3 Å². The molecule has 1 heterocycles. The zero-order valence-corrected chi connectivity index (χ0v) is 11.0. The second kappa shape index (κ2) is 4.62. The highest BCUT2D eigenvalue weighted by Gasteiger charge is 2.51. The number of carbonyl (C=O) groups is 1. The van der Waals surface area contributed by atoms with E-state index < -0.39 is 5.60 Å². The summed E-state index contributed by atoms with van der Waals surface area (Å²) in [6.07, 6.45) is 2.50. The molecule has 3 N–H and O–H groups in total. The molecule has 1 aromatic rings. The minimum absolute atomic E-state index is 0.0547. The smallest absolute Gasteiger partial charge is 0.230 e. The van der Waals surface area contributed by atoms with Crippen molar-refractivity contribution in [2.75, 3.05) is 19.6 Å². The van der Waals surface area contributed by atoms with Crippen LogP contribution in [0.15, 0.2) is 30.3 Å². The number of aliphatic hydroxyl groups is 1. The first-order valence-electron chi connectivity index (χ1n) is 6.92. The van der Waals surface area contributed by atoms with Gasteiger partial charge in [0, 0.05) is 13.1 Å². The van der Waals surface area contributed by atoms with Crippen LogP contribution in [0.25, 0.3) is 0 Å². The Morgan fingerprint density at radius 2 is 2.00 bits per heavy atom. The van der Waals surface area contributed by atoms with Gasteiger partial charge >= 0.3 is 0 Å². The highest BCUT2D eigenvalue weighted by molar-refractivity contribution is 5.91. The molecule has 0 radical (unpaired) electrons. The van der Waals surface area contributed by atoms with E-state index in [9.17, 15) is 9.90 Å². The van der Waals surface area contributed by atoms with Gasteiger partial charge in [-0.2, -0.15) is 0 Å². The van der Waals surface area contributed by atoms with Gasteiger partial charge in [0.2, 0.25) is 5.91 Å². The fourth-order valence-electron chi connectivity index (χ4n) is 2.82. The fourth-order valence-corrected chi connectivity index (χ4v) is 2.82. The molecule has 1 aromatic carbocycles. The Morgan fingerprint density at radius 3 is 2.58 bits per heavy atom. The van der Waals surface area contributed by atoms with Gasteiger partial charge in [-0.1, -0.05) is 30.3 Å². The molecule has 1 saturated heterocycles. The first kappa shape index (κ1) is 12.6. The van der Waals surface area contributed by atoms with Crippen LogP contribution in [0.3, 0.4) is 0 Å². The maximum atomic E-state index is 12.4. The molecule has 1 amide bonds. The molecule has 0 spiro atoms. The fraction of sp³-hybridized carbons (Fsp3) is 0.533. The van der Waals surface area contributed by atoms with Crippen molar-refractivity contribution in [3.05, 3.63) is 35.9 Å². The second-order valence-electron chi connectivity index (χ2n) is 5.78. The molecule has 2 aliphatic rings. The van der Waals surface area contributed by atoms with Gasteiger partial charge in [0.15, 0.2) is 0 Å². The number of carbonyl (C=O) groups excluding carboxylic acids is 1. The van der Waals surface area contributed by atoms with Gasteiger partial charge in [-0.3, -0.25) is 4.79 Å². The molecule has 4 nitrogen and oxygen atoms in total. The van der Waals surface area contributed by atoms with Crippen LogP contribution in [-0.2, 0) is 10.2 Å².